The van der Waals surface area contributed by atoms with Crippen molar-refractivity contribution in [1.29, 1.82) is 0 Å². The summed E-state index contributed by atoms with van der Waals surface area (Å²) in [5.74, 6) is 0.810. The molecule has 0 spiro atoms. The van der Waals surface area contributed by atoms with Gasteiger partial charge in [-0.3, -0.25) is 4.79 Å². The van der Waals surface area contributed by atoms with E-state index in [1.807, 2.05) is 36.4 Å². The monoisotopic (exact) mass is 328 g/mol. The first-order valence-electron chi connectivity index (χ1n) is 7.78. The van der Waals surface area contributed by atoms with Gasteiger partial charge in [-0.2, -0.15) is 11.8 Å². The number of nitrogens with zero attached hydrogens (tertiary/aromatic N) is 1. The molecule has 0 atom stereocenters. The fourth-order valence-corrected chi connectivity index (χ4v) is 3.02. The van der Waals surface area contributed by atoms with E-state index in [-0.39, 0.29) is 5.78 Å². The average Bonchev–Trinajstić information content (AvgIpc) is 2.55. The van der Waals surface area contributed by atoms with E-state index in [4.69, 9.17) is 0 Å². The number of hydroxylamine groups is 2. The minimum Gasteiger partial charge on any atom is -0.785 e. The lowest BCUT2D eigenvalue weighted by molar-refractivity contribution is 0.103. The van der Waals surface area contributed by atoms with Gasteiger partial charge in [0.15, 0.2) is 5.78 Å². The average molecular weight is 328 g/mol. The summed E-state index contributed by atoms with van der Waals surface area (Å²) in [5.41, 5.74) is 2.16. The molecule has 0 heterocycles. The standard InChI is InChI=1S/C19H22NO2S/c1-15(2)23-12-11-20(22)14-16-7-6-10-18(13-16)19(21)17-8-4-3-5-9-17/h3-10,13,15H,11-12,14H2,1-2H3/q-1. The van der Waals surface area contributed by atoms with E-state index in [0.717, 1.165) is 16.4 Å². The third kappa shape index (κ3) is 5.82. The Labute approximate surface area is 142 Å². The lowest BCUT2D eigenvalue weighted by atomic mass is 10.0. The van der Waals surface area contributed by atoms with Crippen LogP contribution in [0.4, 0.5) is 0 Å². The van der Waals surface area contributed by atoms with Gasteiger partial charge in [0.2, 0.25) is 0 Å². The van der Waals surface area contributed by atoms with Crippen LogP contribution in [0.5, 0.6) is 0 Å². The van der Waals surface area contributed by atoms with Crippen LogP contribution in [-0.4, -0.2) is 28.4 Å². The van der Waals surface area contributed by atoms with Crippen LogP contribution in [0, 0.1) is 5.21 Å². The molecule has 3 nitrogen and oxygen atoms in total. The molecule has 2 rings (SSSR count). The third-order valence-corrected chi connectivity index (χ3v) is 4.46. The Morgan fingerprint density at radius 1 is 1.09 bits per heavy atom. The summed E-state index contributed by atoms with van der Waals surface area (Å²) in [6.07, 6.45) is 0. The first-order chi connectivity index (χ1) is 11.1. The van der Waals surface area contributed by atoms with Gasteiger partial charge in [0.05, 0.1) is 0 Å². The molecule has 0 aliphatic heterocycles. The Morgan fingerprint density at radius 2 is 1.78 bits per heavy atom. The highest BCUT2D eigenvalue weighted by Crippen LogP contribution is 2.14. The second-order valence-corrected chi connectivity index (χ2v) is 7.36. The molecule has 0 N–H and O–H groups in total. The van der Waals surface area contributed by atoms with E-state index >= 15 is 0 Å². The maximum atomic E-state index is 12.4. The SMILES string of the molecule is CC(C)SCCN([O-])Cc1cccc(C(=O)c2ccccc2)c1. The van der Waals surface area contributed by atoms with E-state index in [0.29, 0.717) is 29.5 Å². The molecule has 0 saturated heterocycles. The van der Waals surface area contributed by atoms with Crippen molar-refractivity contribution in [3.63, 3.8) is 0 Å². The number of hydrogen-bond donors (Lipinski definition) is 0. The van der Waals surface area contributed by atoms with E-state index < -0.39 is 0 Å². The number of hydrogen-bond acceptors (Lipinski definition) is 4. The van der Waals surface area contributed by atoms with Gasteiger partial charge in [-0.05, 0) is 23.4 Å². The van der Waals surface area contributed by atoms with Crippen molar-refractivity contribution in [1.82, 2.24) is 5.06 Å². The molecular formula is C19H22NO2S-. The number of ketones is 1. The van der Waals surface area contributed by atoms with Crippen molar-refractivity contribution in [3.8, 4) is 0 Å². The molecule has 122 valence electrons. The second-order valence-electron chi connectivity index (χ2n) is 5.68. The van der Waals surface area contributed by atoms with Gasteiger partial charge in [-0.15, -0.1) is 0 Å². The maximum absolute atomic E-state index is 12.4. The zero-order valence-electron chi connectivity index (χ0n) is 13.6. The van der Waals surface area contributed by atoms with Crippen LogP contribution < -0.4 is 0 Å². The predicted molar refractivity (Wildman–Crippen MR) is 97.7 cm³/mol. The van der Waals surface area contributed by atoms with Gasteiger partial charge in [-0.25, -0.2) is 0 Å². The highest BCUT2D eigenvalue weighted by molar-refractivity contribution is 7.99. The molecule has 0 aliphatic carbocycles. The topological polar surface area (TPSA) is 43.4 Å². The van der Waals surface area contributed by atoms with Gasteiger partial charge >= 0.3 is 0 Å². The molecule has 2 aromatic carbocycles. The van der Waals surface area contributed by atoms with Gasteiger partial charge in [0, 0.05) is 23.4 Å². The van der Waals surface area contributed by atoms with Crippen molar-refractivity contribution < 1.29 is 4.79 Å². The molecule has 0 unspecified atom stereocenters. The quantitative estimate of drug-likeness (QED) is 0.533. The second kappa shape index (κ2) is 8.87. The van der Waals surface area contributed by atoms with Crippen molar-refractivity contribution in [2.24, 2.45) is 0 Å². The lowest BCUT2D eigenvalue weighted by Gasteiger charge is -2.28. The first-order valence-corrected chi connectivity index (χ1v) is 8.83. The highest BCUT2D eigenvalue weighted by atomic mass is 32.2. The summed E-state index contributed by atoms with van der Waals surface area (Å²) < 4.78 is 0. The third-order valence-electron chi connectivity index (χ3n) is 3.38. The van der Waals surface area contributed by atoms with Crippen molar-refractivity contribution in [2.45, 2.75) is 25.6 Å². The van der Waals surface area contributed by atoms with Crippen molar-refractivity contribution in [2.75, 3.05) is 12.3 Å². The Kier molecular flexibility index (Phi) is 6.84. The van der Waals surface area contributed by atoms with Gasteiger partial charge < -0.3 is 10.3 Å². The maximum Gasteiger partial charge on any atom is 0.193 e. The minimum atomic E-state index is -0.0136. The van der Waals surface area contributed by atoms with Gasteiger partial charge in [0.1, 0.15) is 0 Å². The Morgan fingerprint density at radius 3 is 2.48 bits per heavy atom. The molecule has 2 aromatic rings. The minimum absolute atomic E-state index is 0.0136. The van der Waals surface area contributed by atoms with E-state index in [1.54, 1.807) is 30.0 Å². The summed E-state index contributed by atoms with van der Waals surface area (Å²) in [7, 11) is 0. The molecule has 0 aromatic heterocycles. The van der Waals surface area contributed by atoms with Crippen LogP contribution in [-0.2, 0) is 6.54 Å². The van der Waals surface area contributed by atoms with Crippen LogP contribution >= 0.6 is 11.8 Å². The van der Waals surface area contributed by atoms with Crippen molar-refractivity contribution in [3.05, 3.63) is 76.5 Å². The lowest BCUT2D eigenvalue weighted by Crippen LogP contribution is -2.19. The van der Waals surface area contributed by atoms with Gasteiger partial charge in [-0.1, -0.05) is 62.4 Å². The summed E-state index contributed by atoms with van der Waals surface area (Å²) >= 11 is 1.78. The summed E-state index contributed by atoms with van der Waals surface area (Å²) in [4.78, 5) is 12.4. The zero-order valence-corrected chi connectivity index (χ0v) is 14.4. The molecular weight excluding hydrogens is 306 g/mol. The summed E-state index contributed by atoms with van der Waals surface area (Å²) in [6.45, 7) is 5.06. The molecule has 0 radical (unpaired) electrons. The van der Waals surface area contributed by atoms with Crippen LogP contribution in [0.1, 0.15) is 35.3 Å². The van der Waals surface area contributed by atoms with Crippen LogP contribution in [0.25, 0.3) is 0 Å². The molecule has 4 heteroatoms. The van der Waals surface area contributed by atoms with E-state index in [9.17, 15) is 10.0 Å². The molecule has 0 saturated carbocycles. The molecule has 23 heavy (non-hydrogen) atoms. The number of carbonyl (C=O) groups is 1. The number of rotatable bonds is 8. The smallest absolute Gasteiger partial charge is 0.193 e. The Hall–Kier alpha value is -1.62. The molecule has 0 fully saturated rings. The molecule has 0 aliphatic rings. The molecule has 0 amide bonds. The summed E-state index contributed by atoms with van der Waals surface area (Å²) in [5, 5.41) is 13.6. The molecule has 0 bridgehead atoms. The largest absolute Gasteiger partial charge is 0.785 e. The normalized spacial score (nSPS) is 11.2. The highest BCUT2D eigenvalue weighted by Gasteiger charge is 2.09. The first kappa shape index (κ1) is 17.7. The summed E-state index contributed by atoms with van der Waals surface area (Å²) in [6, 6.07) is 16.5. The van der Waals surface area contributed by atoms with Crippen LogP contribution in [0.2, 0.25) is 0 Å². The van der Waals surface area contributed by atoms with E-state index in [1.165, 1.54) is 0 Å². The van der Waals surface area contributed by atoms with Crippen LogP contribution in [0.3, 0.4) is 0 Å². The number of benzene rings is 2. The Bertz CT molecular complexity index is 628. The van der Waals surface area contributed by atoms with Gasteiger partial charge in [0.25, 0.3) is 0 Å². The van der Waals surface area contributed by atoms with E-state index in [2.05, 4.69) is 13.8 Å². The zero-order chi connectivity index (χ0) is 16.7. The van der Waals surface area contributed by atoms with Crippen LogP contribution in [0.15, 0.2) is 54.6 Å². The number of thioether (sulfide) groups is 1. The predicted octanol–water partition coefficient (Wildman–Crippen LogP) is 4.36. The number of carbonyl (C=O) groups excluding carboxylic acids is 1. The fraction of sp³-hybridized carbons (Fsp3) is 0.316. The van der Waals surface area contributed by atoms with Crippen molar-refractivity contribution >= 4 is 17.5 Å². The fourth-order valence-electron chi connectivity index (χ4n) is 2.24. The Balaban J connectivity index is 1.98.